The van der Waals surface area contributed by atoms with Crippen molar-refractivity contribution in [3.63, 3.8) is 0 Å². The van der Waals surface area contributed by atoms with Gasteiger partial charge in [-0.3, -0.25) is 9.59 Å². The molecule has 2 aromatic carbocycles. The van der Waals surface area contributed by atoms with Crippen LogP contribution in [0.4, 0.5) is 5.69 Å². The SMILES string of the molecule is CCOc1ccccc1NC(=O)Cc1csc(SCC(=O)c2ccccc2)n1. The van der Waals surface area contributed by atoms with Gasteiger partial charge in [-0.2, -0.15) is 0 Å². The van der Waals surface area contributed by atoms with Gasteiger partial charge >= 0.3 is 0 Å². The van der Waals surface area contributed by atoms with Crippen LogP contribution in [0, 0.1) is 0 Å². The number of carbonyl (C=O) groups excluding carboxylic acids is 2. The molecule has 0 aliphatic rings. The molecule has 0 unspecified atom stereocenters. The van der Waals surface area contributed by atoms with E-state index in [1.165, 1.54) is 23.1 Å². The monoisotopic (exact) mass is 412 g/mol. The number of Topliss-reactive ketones (excluding diaryl/α,β-unsaturated/α-hetero) is 1. The topological polar surface area (TPSA) is 68.3 Å². The molecule has 0 bridgehead atoms. The number of hydrogen-bond acceptors (Lipinski definition) is 6. The second-order valence-corrected chi connectivity index (χ2v) is 7.92. The zero-order valence-electron chi connectivity index (χ0n) is 15.4. The number of amides is 1. The lowest BCUT2D eigenvalue weighted by Gasteiger charge is -2.10. The summed E-state index contributed by atoms with van der Waals surface area (Å²) < 4.78 is 6.30. The number of ketones is 1. The Labute approximate surface area is 172 Å². The Hall–Kier alpha value is -2.64. The summed E-state index contributed by atoms with van der Waals surface area (Å²) in [6, 6.07) is 16.5. The number of rotatable bonds is 9. The molecule has 0 saturated carbocycles. The Morgan fingerprint density at radius 2 is 1.86 bits per heavy atom. The molecule has 1 aromatic heterocycles. The molecule has 5 nitrogen and oxygen atoms in total. The normalized spacial score (nSPS) is 10.5. The average molecular weight is 413 g/mol. The molecule has 1 heterocycles. The van der Waals surface area contributed by atoms with Crippen LogP contribution in [0.2, 0.25) is 0 Å². The van der Waals surface area contributed by atoms with E-state index in [9.17, 15) is 9.59 Å². The molecule has 28 heavy (non-hydrogen) atoms. The number of thiazole rings is 1. The predicted octanol–water partition coefficient (Wildman–Crippen LogP) is 4.70. The van der Waals surface area contributed by atoms with Crippen molar-refractivity contribution in [1.82, 2.24) is 4.98 Å². The van der Waals surface area contributed by atoms with Crippen molar-refractivity contribution in [2.24, 2.45) is 0 Å². The highest BCUT2D eigenvalue weighted by atomic mass is 32.2. The van der Waals surface area contributed by atoms with Crippen molar-refractivity contribution in [3.8, 4) is 5.75 Å². The maximum absolute atomic E-state index is 12.3. The number of carbonyl (C=O) groups is 2. The Bertz CT molecular complexity index is 942. The van der Waals surface area contributed by atoms with Crippen molar-refractivity contribution in [2.75, 3.05) is 17.7 Å². The first-order valence-electron chi connectivity index (χ1n) is 8.83. The second-order valence-electron chi connectivity index (χ2n) is 5.84. The van der Waals surface area contributed by atoms with Gasteiger partial charge in [0, 0.05) is 10.9 Å². The molecule has 0 saturated heterocycles. The third-order valence-electron chi connectivity index (χ3n) is 3.76. The van der Waals surface area contributed by atoms with E-state index in [0.717, 1.165) is 4.34 Å². The quantitative estimate of drug-likeness (QED) is 0.408. The number of ether oxygens (including phenoxy) is 1. The van der Waals surface area contributed by atoms with E-state index in [0.29, 0.717) is 35.1 Å². The third kappa shape index (κ3) is 5.68. The van der Waals surface area contributed by atoms with Gasteiger partial charge in [-0.1, -0.05) is 54.2 Å². The highest BCUT2D eigenvalue weighted by Gasteiger charge is 2.12. The first-order chi connectivity index (χ1) is 13.7. The van der Waals surface area contributed by atoms with Gasteiger partial charge in [-0.15, -0.1) is 11.3 Å². The molecule has 1 N–H and O–H groups in total. The van der Waals surface area contributed by atoms with Crippen molar-refractivity contribution in [2.45, 2.75) is 17.7 Å². The lowest BCUT2D eigenvalue weighted by molar-refractivity contribution is -0.115. The molecule has 0 aliphatic carbocycles. The van der Waals surface area contributed by atoms with Crippen LogP contribution in [0.5, 0.6) is 5.75 Å². The molecule has 0 radical (unpaired) electrons. The van der Waals surface area contributed by atoms with E-state index in [4.69, 9.17) is 4.74 Å². The summed E-state index contributed by atoms with van der Waals surface area (Å²) in [6.07, 6.45) is 0.171. The molecule has 3 rings (SSSR count). The van der Waals surface area contributed by atoms with E-state index in [-0.39, 0.29) is 18.1 Å². The third-order valence-corrected chi connectivity index (χ3v) is 5.83. The highest BCUT2D eigenvalue weighted by Crippen LogP contribution is 2.26. The largest absolute Gasteiger partial charge is 0.492 e. The molecule has 7 heteroatoms. The number of nitrogens with zero attached hydrogens (tertiary/aromatic N) is 1. The van der Waals surface area contributed by atoms with E-state index >= 15 is 0 Å². The lowest BCUT2D eigenvalue weighted by Crippen LogP contribution is -2.15. The average Bonchev–Trinajstić information content (AvgIpc) is 3.15. The number of thioether (sulfide) groups is 1. The fraction of sp³-hybridized carbons (Fsp3) is 0.190. The van der Waals surface area contributed by atoms with Crippen molar-refractivity contribution >= 4 is 40.5 Å². The number of aromatic nitrogens is 1. The zero-order valence-corrected chi connectivity index (χ0v) is 17.0. The van der Waals surface area contributed by atoms with Crippen LogP contribution < -0.4 is 10.1 Å². The van der Waals surface area contributed by atoms with Gasteiger partial charge < -0.3 is 10.1 Å². The van der Waals surface area contributed by atoms with Crippen LogP contribution in [0.1, 0.15) is 23.0 Å². The molecule has 0 fully saturated rings. The second kappa shape index (κ2) is 10.1. The minimum atomic E-state index is -0.158. The molecule has 1 amide bonds. The van der Waals surface area contributed by atoms with Gasteiger partial charge in [0.2, 0.25) is 5.91 Å². The van der Waals surface area contributed by atoms with Gasteiger partial charge in [-0.05, 0) is 19.1 Å². The number of nitrogens with one attached hydrogen (secondary N) is 1. The summed E-state index contributed by atoms with van der Waals surface area (Å²) in [5.74, 6) is 0.875. The Morgan fingerprint density at radius 1 is 1.11 bits per heavy atom. The van der Waals surface area contributed by atoms with Crippen LogP contribution in [0.3, 0.4) is 0 Å². The fourth-order valence-electron chi connectivity index (χ4n) is 2.48. The first kappa shape index (κ1) is 20.1. The Kier molecular flexibility index (Phi) is 7.22. The van der Waals surface area contributed by atoms with E-state index in [1.54, 1.807) is 18.2 Å². The maximum atomic E-state index is 12.3. The Balaban J connectivity index is 1.53. The van der Waals surface area contributed by atoms with E-state index in [2.05, 4.69) is 10.3 Å². The van der Waals surface area contributed by atoms with Crippen molar-refractivity contribution in [1.29, 1.82) is 0 Å². The highest BCUT2D eigenvalue weighted by molar-refractivity contribution is 8.01. The van der Waals surface area contributed by atoms with Crippen LogP contribution in [-0.2, 0) is 11.2 Å². The molecule has 0 aliphatic heterocycles. The molecule has 0 spiro atoms. The van der Waals surface area contributed by atoms with Gasteiger partial charge in [0.25, 0.3) is 0 Å². The number of benzene rings is 2. The maximum Gasteiger partial charge on any atom is 0.230 e. The minimum absolute atomic E-state index is 0.0626. The summed E-state index contributed by atoms with van der Waals surface area (Å²) in [6.45, 7) is 2.43. The minimum Gasteiger partial charge on any atom is -0.492 e. The molecule has 3 aromatic rings. The van der Waals surface area contributed by atoms with Crippen LogP contribution >= 0.6 is 23.1 Å². The summed E-state index contributed by atoms with van der Waals surface area (Å²) >= 11 is 2.83. The van der Waals surface area contributed by atoms with Crippen LogP contribution in [-0.4, -0.2) is 29.0 Å². The number of anilines is 1. The molecule has 0 atom stereocenters. The first-order valence-corrected chi connectivity index (χ1v) is 10.7. The number of hydrogen-bond donors (Lipinski definition) is 1. The fourth-order valence-corrected chi connectivity index (χ4v) is 4.22. The predicted molar refractivity (Wildman–Crippen MR) is 114 cm³/mol. The van der Waals surface area contributed by atoms with Crippen LogP contribution in [0.15, 0.2) is 64.3 Å². The summed E-state index contributed by atoms with van der Waals surface area (Å²) in [5, 5.41) is 4.72. The van der Waals surface area contributed by atoms with Gasteiger partial charge in [0.1, 0.15) is 5.75 Å². The zero-order chi connectivity index (χ0) is 19.8. The van der Waals surface area contributed by atoms with E-state index in [1.807, 2.05) is 48.7 Å². The molecular formula is C21H20N2O3S2. The smallest absolute Gasteiger partial charge is 0.230 e. The lowest BCUT2D eigenvalue weighted by atomic mass is 10.2. The van der Waals surface area contributed by atoms with Crippen LogP contribution in [0.25, 0.3) is 0 Å². The van der Waals surface area contributed by atoms with Gasteiger partial charge in [0.05, 0.1) is 30.2 Å². The molecular weight excluding hydrogens is 392 g/mol. The summed E-state index contributed by atoms with van der Waals surface area (Å²) in [5.41, 5.74) is 2.03. The Morgan fingerprint density at radius 3 is 2.64 bits per heavy atom. The standard InChI is InChI=1S/C21H20N2O3S2/c1-2-26-19-11-7-6-10-17(19)23-20(25)12-16-13-27-21(22-16)28-14-18(24)15-8-4-3-5-9-15/h3-11,13H,2,12,14H2,1H3,(H,23,25). The van der Waals surface area contributed by atoms with Gasteiger partial charge in [0.15, 0.2) is 10.1 Å². The van der Waals surface area contributed by atoms with Gasteiger partial charge in [-0.25, -0.2) is 4.98 Å². The van der Waals surface area contributed by atoms with Crippen molar-refractivity contribution in [3.05, 3.63) is 71.2 Å². The van der Waals surface area contributed by atoms with Crippen molar-refractivity contribution < 1.29 is 14.3 Å². The molecule has 144 valence electrons. The number of para-hydroxylation sites is 2. The summed E-state index contributed by atoms with van der Waals surface area (Å²) in [7, 11) is 0. The van der Waals surface area contributed by atoms with E-state index < -0.39 is 0 Å². The summed E-state index contributed by atoms with van der Waals surface area (Å²) in [4.78, 5) is 29.0.